The van der Waals surface area contributed by atoms with Gasteiger partial charge in [0.2, 0.25) is 0 Å². The number of nitrogen functional groups attached to an aromatic ring is 1. The fourth-order valence-corrected chi connectivity index (χ4v) is 2.04. The zero-order valence-corrected chi connectivity index (χ0v) is 11.7. The van der Waals surface area contributed by atoms with E-state index in [1.54, 1.807) is 0 Å². The Balaban J connectivity index is 1.88. The summed E-state index contributed by atoms with van der Waals surface area (Å²) < 4.78 is 5.41. The normalized spacial score (nSPS) is 10.5. The Bertz CT molecular complexity index is 756. The maximum absolute atomic E-state index is 5.95. The Morgan fingerprint density at radius 2 is 1.67 bits per heavy atom. The second-order valence-corrected chi connectivity index (χ2v) is 4.53. The molecule has 0 radical (unpaired) electrons. The molecule has 5 heteroatoms. The van der Waals surface area contributed by atoms with Gasteiger partial charge >= 0.3 is 0 Å². The monoisotopic (exact) mass is 280 g/mol. The molecule has 0 bridgehead atoms. The van der Waals surface area contributed by atoms with Gasteiger partial charge < -0.3 is 15.8 Å². The summed E-state index contributed by atoms with van der Waals surface area (Å²) in [6, 6.07) is 15.3. The second kappa shape index (κ2) is 5.66. The van der Waals surface area contributed by atoms with Gasteiger partial charge in [-0.1, -0.05) is 12.1 Å². The molecular weight excluding hydrogens is 264 g/mol. The lowest BCUT2D eigenvalue weighted by molar-refractivity contribution is 0.340. The molecule has 3 N–H and O–H groups in total. The standard InChI is InChI=1S/C16H16N4O/c1-2-21-12-9-7-11(8-10-12)18-16-15(17)19-13-5-3-4-6-14(13)20-16/h3-10H,2H2,1H3,(H2,17,19)(H,18,20). The van der Waals surface area contributed by atoms with E-state index in [0.29, 0.717) is 18.2 Å². The van der Waals surface area contributed by atoms with Crippen molar-refractivity contribution in [2.75, 3.05) is 17.7 Å². The number of ether oxygens (including phenoxy) is 1. The summed E-state index contributed by atoms with van der Waals surface area (Å²) in [6.45, 7) is 2.60. The lowest BCUT2D eigenvalue weighted by atomic mass is 10.3. The first-order valence-corrected chi connectivity index (χ1v) is 6.78. The van der Waals surface area contributed by atoms with Crippen LogP contribution >= 0.6 is 0 Å². The molecule has 21 heavy (non-hydrogen) atoms. The quantitative estimate of drug-likeness (QED) is 0.766. The van der Waals surface area contributed by atoms with Gasteiger partial charge in [-0.25, -0.2) is 9.97 Å². The van der Waals surface area contributed by atoms with Crippen molar-refractivity contribution in [2.45, 2.75) is 6.92 Å². The molecule has 0 saturated heterocycles. The lowest BCUT2D eigenvalue weighted by Crippen LogP contribution is -2.02. The molecule has 0 atom stereocenters. The van der Waals surface area contributed by atoms with Crippen LogP contribution in [0.4, 0.5) is 17.3 Å². The number of aromatic nitrogens is 2. The predicted octanol–water partition coefficient (Wildman–Crippen LogP) is 3.35. The minimum absolute atomic E-state index is 0.377. The minimum atomic E-state index is 0.377. The van der Waals surface area contributed by atoms with Crippen molar-refractivity contribution in [3.05, 3.63) is 48.5 Å². The van der Waals surface area contributed by atoms with E-state index in [4.69, 9.17) is 10.5 Å². The van der Waals surface area contributed by atoms with Gasteiger partial charge in [0.1, 0.15) is 5.75 Å². The third-order valence-corrected chi connectivity index (χ3v) is 3.03. The molecule has 3 aromatic rings. The van der Waals surface area contributed by atoms with E-state index < -0.39 is 0 Å². The van der Waals surface area contributed by atoms with Gasteiger partial charge in [-0.15, -0.1) is 0 Å². The Morgan fingerprint density at radius 1 is 1.00 bits per heavy atom. The van der Waals surface area contributed by atoms with Crippen molar-refractivity contribution < 1.29 is 4.74 Å². The average molecular weight is 280 g/mol. The van der Waals surface area contributed by atoms with E-state index in [1.807, 2.05) is 55.5 Å². The van der Waals surface area contributed by atoms with Crippen molar-refractivity contribution in [2.24, 2.45) is 0 Å². The number of rotatable bonds is 4. The zero-order chi connectivity index (χ0) is 14.7. The van der Waals surface area contributed by atoms with Crippen LogP contribution < -0.4 is 15.8 Å². The number of nitrogens with two attached hydrogens (primary N) is 1. The Morgan fingerprint density at radius 3 is 2.33 bits per heavy atom. The van der Waals surface area contributed by atoms with Crippen LogP contribution in [0.1, 0.15) is 6.92 Å². The molecule has 106 valence electrons. The zero-order valence-electron chi connectivity index (χ0n) is 11.7. The first-order chi connectivity index (χ1) is 10.3. The summed E-state index contributed by atoms with van der Waals surface area (Å²) >= 11 is 0. The molecule has 5 nitrogen and oxygen atoms in total. The molecular formula is C16H16N4O. The number of fused-ring (bicyclic) bond motifs is 1. The fraction of sp³-hybridized carbons (Fsp3) is 0.125. The summed E-state index contributed by atoms with van der Waals surface area (Å²) in [4.78, 5) is 8.85. The van der Waals surface area contributed by atoms with Crippen molar-refractivity contribution in [1.82, 2.24) is 9.97 Å². The van der Waals surface area contributed by atoms with E-state index in [0.717, 1.165) is 22.5 Å². The largest absolute Gasteiger partial charge is 0.494 e. The van der Waals surface area contributed by atoms with Crippen LogP contribution in [0.3, 0.4) is 0 Å². The number of hydrogen-bond donors (Lipinski definition) is 2. The van der Waals surface area contributed by atoms with E-state index in [1.165, 1.54) is 0 Å². The molecule has 3 rings (SSSR count). The Kier molecular flexibility index (Phi) is 3.55. The van der Waals surface area contributed by atoms with Crippen LogP contribution in [-0.4, -0.2) is 16.6 Å². The molecule has 0 aliphatic carbocycles. The number of para-hydroxylation sites is 2. The summed E-state index contributed by atoms with van der Waals surface area (Å²) in [5, 5.41) is 3.18. The van der Waals surface area contributed by atoms with Crippen molar-refractivity contribution in [1.29, 1.82) is 0 Å². The average Bonchev–Trinajstić information content (AvgIpc) is 2.50. The maximum Gasteiger partial charge on any atom is 0.174 e. The van der Waals surface area contributed by atoms with E-state index >= 15 is 0 Å². The van der Waals surface area contributed by atoms with Crippen molar-refractivity contribution >= 4 is 28.4 Å². The molecule has 1 heterocycles. The molecule has 0 aliphatic rings. The van der Waals surface area contributed by atoms with Gasteiger partial charge in [-0.05, 0) is 43.3 Å². The van der Waals surface area contributed by atoms with E-state index in [9.17, 15) is 0 Å². The van der Waals surface area contributed by atoms with E-state index in [2.05, 4.69) is 15.3 Å². The van der Waals surface area contributed by atoms with Gasteiger partial charge in [0.05, 0.1) is 17.6 Å². The van der Waals surface area contributed by atoms with Gasteiger partial charge in [0, 0.05) is 5.69 Å². The molecule has 0 spiro atoms. The predicted molar refractivity (Wildman–Crippen MR) is 84.8 cm³/mol. The number of nitrogens with one attached hydrogen (secondary N) is 1. The molecule has 0 aliphatic heterocycles. The third-order valence-electron chi connectivity index (χ3n) is 3.03. The highest BCUT2D eigenvalue weighted by atomic mass is 16.5. The number of anilines is 3. The van der Waals surface area contributed by atoms with Gasteiger partial charge in [-0.3, -0.25) is 0 Å². The van der Waals surface area contributed by atoms with Crippen LogP contribution in [0.5, 0.6) is 5.75 Å². The molecule has 2 aromatic carbocycles. The molecule has 0 fully saturated rings. The third kappa shape index (κ3) is 2.86. The highest BCUT2D eigenvalue weighted by molar-refractivity contribution is 5.80. The van der Waals surface area contributed by atoms with Gasteiger partial charge in [-0.2, -0.15) is 0 Å². The van der Waals surface area contributed by atoms with Crippen LogP contribution in [0.15, 0.2) is 48.5 Å². The second-order valence-electron chi connectivity index (χ2n) is 4.53. The maximum atomic E-state index is 5.95. The topological polar surface area (TPSA) is 73.1 Å². The fourth-order valence-electron chi connectivity index (χ4n) is 2.04. The van der Waals surface area contributed by atoms with Crippen molar-refractivity contribution in [3.63, 3.8) is 0 Å². The lowest BCUT2D eigenvalue weighted by Gasteiger charge is -2.10. The number of nitrogens with zero attached hydrogens (tertiary/aromatic N) is 2. The number of hydrogen-bond acceptors (Lipinski definition) is 5. The summed E-state index contributed by atoms with van der Waals surface area (Å²) in [7, 11) is 0. The van der Waals surface area contributed by atoms with Crippen molar-refractivity contribution in [3.8, 4) is 5.75 Å². The first kappa shape index (κ1) is 13.2. The molecule has 0 saturated carbocycles. The summed E-state index contributed by atoms with van der Waals surface area (Å²) in [5.74, 6) is 1.76. The summed E-state index contributed by atoms with van der Waals surface area (Å²) in [6.07, 6.45) is 0. The van der Waals surface area contributed by atoms with Crippen LogP contribution in [0.2, 0.25) is 0 Å². The van der Waals surface area contributed by atoms with Crippen LogP contribution in [0, 0.1) is 0 Å². The molecule has 1 aromatic heterocycles. The van der Waals surface area contributed by atoms with Gasteiger partial charge in [0.25, 0.3) is 0 Å². The Hall–Kier alpha value is -2.82. The SMILES string of the molecule is CCOc1ccc(Nc2nc3ccccc3nc2N)cc1. The molecule has 0 unspecified atom stereocenters. The Labute approximate surface area is 122 Å². The molecule has 0 amide bonds. The highest BCUT2D eigenvalue weighted by Crippen LogP contribution is 2.23. The smallest absolute Gasteiger partial charge is 0.174 e. The first-order valence-electron chi connectivity index (χ1n) is 6.78. The highest BCUT2D eigenvalue weighted by Gasteiger charge is 2.06. The number of benzene rings is 2. The minimum Gasteiger partial charge on any atom is -0.494 e. The van der Waals surface area contributed by atoms with E-state index in [-0.39, 0.29) is 0 Å². The van der Waals surface area contributed by atoms with Gasteiger partial charge in [0.15, 0.2) is 11.6 Å². The van der Waals surface area contributed by atoms with Crippen LogP contribution in [-0.2, 0) is 0 Å². The van der Waals surface area contributed by atoms with Crippen LogP contribution in [0.25, 0.3) is 11.0 Å². The summed E-state index contributed by atoms with van der Waals surface area (Å²) in [5.41, 5.74) is 8.43.